The Hall–Kier alpha value is -0.610. The summed E-state index contributed by atoms with van der Waals surface area (Å²) in [6.07, 6.45) is 1.84. The van der Waals surface area contributed by atoms with Crippen LogP contribution in [0.4, 0.5) is 0 Å². The number of amides is 1. The Morgan fingerprint density at radius 2 is 2.12 bits per heavy atom. The summed E-state index contributed by atoms with van der Waals surface area (Å²) in [7, 11) is 1.90. The number of nitrogens with zero attached hydrogens (tertiary/aromatic N) is 2. The first-order valence-corrected chi connectivity index (χ1v) is 6.16. The van der Waals surface area contributed by atoms with Gasteiger partial charge in [0.05, 0.1) is 6.04 Å². The minimum atomic E-state index is -0.0721. The van der Waals surface area contributed by atoms with Crippen LogP contribution < -0.4 is 5.73 Å². The van der Waals surface area contributed by atoms with Gasteiger partial charge in [-0.15, -0.1) is 0 Å². The maximum atomic E-state index is 12.2. The molecule has 1 aliphatic rings. The van der Waals surface area contributed by atoms with Gasteiger partial charge in [0.2, 0.25) is 5.91 Å². The molecule has 4 nitrogen and oxygen atoms in total. The zero-order chi connectivity index (χ0) is 12.3. The van der Waals surface area contributed by atoms with E-state index in [-0.39, 0.29) is 17.5 Å². The molecule has 1 rings (SSSR count). The predicted octanol–water partition coefficient (Wildman–Crippen LogP) is 0.666. The Kier molecular flexibility index (Phi) is 4.33. The van der Waals surface area contributed by atoms with Crippen molar-refractivity contribution in [2.45, 2.75) is 45.2 Å². The molecule has 94 valence electrons. The molecule has 1 aliphatic heterocycles. The molecule has 1 heterocycles. The molecule has 4 heteroatoms. The van der Waals surface area contributed by atoms with Gasteiger partial charge in [-0.25, -0.2) is 0 Å². The normalized spacial score (nSPS) is 26.2. The molecule has 1 unspecified atom stereocenters. The van der Waals surface area contributed by atoms with E-state index < -0.39 is 0 Å². The summed E-state index contributed by atoms with van der Waals surface area (Å²) in [5.74, 6) is 0.218. The highest BCUT2D eigenvalue weighted by Gasteiger charge is 2.41. The number of carbonyl (C=O) groups excluding carboxylic acids is 1. The largest absolute Gasteiger partial charge is 0.338 e. The molecule has 0 aromatic heterocycles. The van der Waals surface area contributed by atoms with Gasteiger partial charge in [-0.1, -0.05) is 6.92 Å². The van der Waals surface area contributed by atoms with Crippen LogP contribution in [-0.2, 0) is 4.79 Å². The first kappa shape index (κ1) is 13.5. The maximum Gasteiger partial charge on any atom is 0.240 e. The molecular weight excluding hydrogens is 202 g/mol. The van der Waals surface area contributed by atoms with Crippen molar-refractivity contribution in [3.05, 3.63) is 0 Å². The van der Waals surface area contributed by atoms with Crippen molar-refractivity contribution in [2.75, 3.05) is 26.7 Å². The first-order valence-electron chi connectivity index (χ1n) is 6.16. The Balaban J connectivity index is 2.84. The highest BCUT2D eigenvalue weighted by molar-refractivity contribution is 5.83. The smallest absolute Gasteiger partial charge is 0.240 e. The van der Waals surface area contributed by atoms with Crippen LogP contribution >= 0.6 is 0 Å². The van der Waals surface area contributed by atoms with Crippen LogP contribution in [0.15, 0.2) is 0 Å². The second-order valence-electron chi connectivity index (χ2n) is 5.27. The molecule has 0 aromatic carbocycles. The molecule has 0 aromatic rings. The first-order chi connectivity index (χ1) is 7.44. The van der Waals surface area contributed by atoms with Crippen molar-refractivity contribution in [2.24, 2.45) is 5.73 Å². The van der Waals surface area contributed by atoms with Gasteiger partial charge in [-0.3, -0.25) is 9.69 Å². The van der Waals surface area contributed by atoms with Crippen molar-refractivity contribution in [3.63, 3.8) is 0 Å². The van der Waals surface area contributed by atoms with Gasteiger partial charge >= 0.3 is 0 Å². The van der Waals surface area contributed by atoms with Gasteiger partial charge in [0.25, 0.3) is 0 Å². The number of carbonyl (C=O) groups is 1. The van der Waals surface area contributed by atoms with Crippen LogP contribution in [-0.4, -0.2) is 54.0 Å². The number of likely N-dealkylation sites (N-methyl/N-ethyl adjacent to an activating group) is 1. The number of rotatable bonds is 4. The van der Waals surface area contributed by atoms with Crippen LogP contribution in [0.2, 0.25) is 0 Å². The van der Waals surface area contributed by atoms with E-state index in [0.717, 1.165) is 25.9 Å². The number of hydrogen-bond donors (Lipinski definition) is 1. The van der Waals surface area contributed by atoms with Crippen molar-refractivity contribution in [1.29, 1.82) is 0 Å². The van der Waals surface area contributed by atoms with Crippen molar-refractivity contribution in [3.8, 4) is 0 Å². The summed E-state index contributed by atoms with van der Waals surface area (Å²) in [5.41, 5.74) is 5.52. The van der Waals surface area contributed by atoms with E-state index in [1.165, 1.54) is 0 Å². The van der Waals surface area contributed by atoms with Gasteiger partial charge in [0.1, 0.15) is 0 Å². The molecule has 16 heavy (non-hydrogen) atoms. The van der Waals surface area contributed by atoms with E-state index in [4.69, 9.17) is 5.73 Å². The third-order valence-corrected chi connectivity index (χ3v) is 3.51. The van der Waals surface area contributed by atoms with Gasteiger partial charge in [-0.05, 0) is 39.8 Å². The third kappa shape index (κ3) is 2.55. The lowest BCUT2D eigenvalue weighted by molar-refractivity contribution is -0.149. The molecular formula is C12H25N3O. The van der Waals surface area contributed by atoms with Gasteiger partial charge in [-0.2, -0.15) is 0 Å². The van der Waals surface area contributed by atoms with Gasteiger partial charge in [0, 0.05) is 19.1 Å². The van der Waals surface area contributed by atoms with Gasteiger partial charge < -0.3 is 10.6 Å². The number of hydrogen-bond acceptors (Lipinski definition) is 3. The Morgan fingerprint density at radius 1 is 1.50 bits per heavy atom. The molecule has 1 atom stereocenters. The Labute approximate surface area is 98.8 Å². The van der Waals surface area contributed by atoms with Crippen LogP contribution in [0.3, 0.4) is 0 Å². The van der Waals surface area contributed by atoms with Gasteiger partial charge in [0.15, 0.2) is 0 Å². The Morgan fingerprint density at radius 3 is 2.62 bits per heavy atom. The van der Waals surface area contributed by atoms with E-state index in [2.05, 4.69) is 25.7 Å². The standard InChI is InChI=1S/C12H25N3O/c1-5-8-15-9-12(2,3)14(4)11(16)10(15)6-7-13/h10H,5-9,13H2,1-4H3. The molecule has 0 radical (unpaired) electrons. The summed E-state index contributed by atoms with van der Waals surface area (Å²) in [5, 5.41) is 0. The van der Waals surface area contributed by atoms with Crippen LogP contribution in [0.1, 0.15) is 33.6 Å². The number of piperazine rings is 1. The molecule has 0 saturated carbocycles. The topological polar surface area (TPSA) is 49.6 Å². The SMILES string of the molecule is CCCN1CC(C)(C)N(C)C(=O)C1CCN. The van der Waals surface area contributed by atoms with Crippen LogP contribution in [0.25, 0.3) is 0 Å². The minimum Gasteiger partial charge on any atom is -0.338 e. The predicted molar refractivity (Wildman–Crippen MR) is 66.2 cm³/mol. The van der Waals surface area contributed by atoms with E-state index in [0.29, 0.717) is 6.54 Å². The molecule has 0 bridgehead atoms. The molecule has 1 saturated heterocycles. The third-order valence-electron chi connectivity index (χ3n) is 3.51. The second-order valence-corrected chi connectivity index (χ2v) is 5.27. The summed E-state index contributed by atoms with van der Waals surface area (Å²) >= 11 is 0. The maximum absolute atomic E-state index is 12.2. The minimum absolute atomic E-state index is 0.0111. The molecule has 1 fully saturated rings. The van der Waals surface area contributed by atoms with E-state index >= 15 is 0 Å². The van der Waals surface area contributed by atoms with Crippen LogP contribution in [0.5, 0.6) is 0 Å². The summed E-state index contributed by atoms with van der Waals surface area (Å²) in [4.78, 5) is 16.4. The number of nitrogens with two attached hydrogens (primary N) is 1. The zero-order valence-electron chi connectivity index (χ0n) is 11.0. The van der Waals surface area contributed by atoms with E-state index in [1.54, 1.807) is 0 Å². The quantitative estimate of drug-likeness (QED) is 0.768. The van der Waals surface area contributed by atoms with E-state index in [1.807, 2.05) is 11.9 Å². The lowest BCUT2D eigenvalue weighted by Crippen LogP contribution is -2.65. The summed E-state index contributed by atoms with van der Waals surface area (Å²) in [6, 6.07) is -0.0111. The summed E-state index contributed by atoms with van der Waals surface area (Å²) in [6.45, 7) is 8.88. The van der Waals surface area contributed by atoms with Crippen molar-refractivity contribution >= 4 is 5.91 Å². The molecule has 0 aliphatic carbocycles. The average Bonchev–Trinajstić information content (AvgIpc) is 2.21. The monoisotopic (exact) mass is 227 g/mol. The molecule has 0 spiro atoms. The molecule has 2 N–H and O–H groups in total. The fourth-order valence-corrected chi connectivity index (χ4v) is 2.38. The fourth-order valence-electron chi connectivity index (χ4n) is 2.38. The zero-order valence-corrected chi connectivity index (χ0v) is 11.0. The summed E-state index contributed by atoms with van der Waals surface area (Å²) < 4.78 is 0. The highest BCUT2D eigenvalue weighted by atomic mass is 16.2. The van der Waals surface area contributed by atoms with Crippen LogP contribution in [0, 0.1) is 0 Å². The lowest BCUT2D eigenvalue weighted by atomic mass is 9.94. The van der Waals surface area contributed by atoms with Crippen molar-refractivity contribution < 1.29 is 4.79 Å². The van der Waals surface area contributed by atoms with Crippen molar-refractivity contribution in [1.82, 2.24) is 9.80 Å². The Bertz CT molecular complexity index is 253. The molecule has 1 amide bonds. The fraction of sp³-hybridized carbons (Fsp3) is 0.917. The van der Waals surface area contributed by atoms with E-state index in [9.17, 15) is 4.79 Å². The lowest BCUT2D eigenvalue weighted by Gasteiger charge is -2.49. The average molecular weight is 227 g/mol. The second kappa shape index (κ2) is 5.15. The highest BCUT2D eigenvalue weighted by Crippen LogP contribution is 2.25.